The average molecular weight is 256 g/mol. The van der Waals surface area contributed by atoms with E-state index in [-0.39, 0.29) is 0 Å². The van der Waals surface area contributed by atoms with Crippen LogP contribution in [0.2, 0.25) is 0 Å². The molecule has 0 spiro atoms. The van der Waals surface area contributed by atoms with E-state index in [1.165, 1.54) is 25.1 Å². The van der Waals surface area contributed by atoms with Gasteiger partial charge in [-0.1, -0.05) is 22.9 Å². The molecule has 3 rings (SSSR count). The van der Waals surface area contributed by atoms with Crippen molar-refractivity contribution in [3.05, 3.63) is 11.6 Å². The highest BCUT2D eigenvalue weighted by molar-refractivity contribution is 9.08. The predicted molar refractivity (Wildman–Crippen MR) is 57.4 cm³/mol. The van der Waals surface area contributed by atoms with Gasteiger partial charge >= 0.3 is 0 Å². The van der Waals surface area contributed by atoms with Crippen LogP contribution < -0.4 is 0 Å². The number of aromatic nitrogens is 3. The second-order valence-electron chi connectivity index (χ2n) is 4.53. The summed E-state index contributed by atoms with van der Waals surface area (Å²) in [6.07, 6.45) is 3.92. The van der Waals surface area contributed by atoms with Gasteiger partial charge in [-0.2, -0.15) is 0 Å². The Labute approximate surface area is 92.0 Å². The number of hydrogen-bond donors (Lipinski definition) is 0. The first kappa shape index (κ1) is 8.89. The molecule has 2 saturated carbocycles. The number of nitrogens with zero attached hydrogens (tertiary/aromatic N) is 3. The lowest BCUT2D eigenvalue weighted by molar-refractivity contribution is 0.652. The van der Waals surface area contributed by atoms with Crippen LogP contribution in [0.1, 0.15) is 49.8 Å². The normalized spacial score (nSPS) is 30.7. The minimum Gasteiger partial charge on any atom is -0.311 e. The number of alkyl halides is 1. The molecule has 76 valence electrons. The summed E-state index contributed by atoms with van der Waals surface area (Å²) in [6.45, 7) is 2.30. The van der Waals surface area contributed by atoms with Crippen molar-refractivity contribution in [3.63, 3.8) is 0 Å². The fourth-order valence-corrected chi connectivity index (χ4v) is 2.48. The van der Waals surface area contributed by atoms with Crippen LogP contribution in [0.5, 0.6) is 0 Å². The van der Waals surface area contributed by atoms with E-state index in [0.717, 1.165) is 17.1 Å². The summed E-state index contributed by atoms with van der Waals surface area (Å²) in [7, 11) is 0. The molecule has 0 aliphatic heterocycles. The molecule has 2 aliphatic rings. The number of halogens is 1. The van der Waals surface area contributed by atoms with Gasteiger partial charge in [0.15, 0.2) is 0 Å². The Morgan fingerprint density at radius 1 is 1.43 bits per heavy atom. The third-order valence-electron chi connectivity index (χ3n) is 3.27. The SMILES string of the molecule is CC1CC1c1nnc(CBr)n1C1CC1. The van der Waals surface area contributed by atoms with Gasteiger partial charge in [-0.05, 0) is 25.2 Å². The Balaban J connectivity index is 1.97. The molecule has 1 aromatic rings. The first-order chi connectivity index (χ1) is 6.81. The molecule has 2 aliphatic carbocycles. The zero-order chi connectivity index (χ0) is 9.71. The first-order valence-electron chi connectivity index (χ1n) is 5.31. The van der Waals surface area contributed by atoms with Crippen LogP contribution in [0, 0.1) is 5.92 Å². The van der Waals surface area contributed by atoms with Gasteiger partial charge in [0, 0.05) is 12.0 Å². The van der Waals surface area contributed by atoms with E-state index < -0.39 is 0 Å². The summed E-state index contributed by atoms with van der Waals surface area (Å²) < 4.78 is 2.38. The molecular formula is C10H14BrN3. The molecule has 2 unspecified atom stereocenters. The maximum absolute atomic E-state index is 4.34. The third kappa shape index (κ3) is 1.31. The Bertz CT molecular complexity index is 356. The van der Waals surface area contributed by atoms with Gasteiger partial charge in [0.05, 0.1) is 5.33 Å². The Morgan fingerprint density at radius 2 is 2.14 bits per heavy atom. The summed E-state index contributed by atoms with van der Waals surface area (Å²) in [4.78, 5) is 0. The largest absolute Gasteiger partial charge is 0.311 e. The van der Waals surface area contributed by atoms with Crippen molar-refractivity contribution in [1.82, 2.24) is 14.8 Å². The van der Waals surface area contributed by atoms with Crippen LogP contribution >= 0.6 is 15.9 Å². The van der Waals surface area contributed by atoms with Crippen LogP contribution in [0.3, 0.4) is 0 Å². The summed E-state index contributed by atoms with van der Waals surface area (Å²) in [6, 6.07) is 0.709. The van der Waals surface area contributed by atoms with Gasteiger partial charge in [0.25, 0.3) is 0 Å². The van der Waals surface area contributed by atoms with Crippen LogP contribution in [-0.2, 0) is 5.33 Å². The van der Waals surface area contributed by atoms with Gasteiger partial charge in [-0.3, -0.25) is 0 Å². The lowest BCUT2D eigenvalue weighted by Gasteiger charge is -2.06. The zero-order valence-corrected chi connectivity index (χ0v) is 9.87. The van der Waals surface area contributed by atoms with Gasteiger partial charge in [-0.15, -0.1) is 10.2 Å². The molecule has 0 saturated heterocycles. The smallest absolute Gasteiger partial charge is 0.143 e. The van der Waals surface area contributed by atoms with E-state index in [1.54, 1.807) is 0 Å². The van der Waals surface area contributed by atoms with Crippen molar-refractivity contribution in [2.24, 2.45) is 5.92 Å². The second kappa shape index (κ2) is 3.05. The van der Waals surface area contributed by atoms with Crippen molar-refractivity contribution < 1.29 is 0 Å². The van der Waals surface area contributed by atoms with Crippen LogP contribution in [0.25, 0.3) is 0 Å². The minimum atomic E-state index is 0.691. The monoisotopic (exact) mass is 255 g/mol. The summed E-state index contributed by atoms with van der Waals surface area (Å²) >= 11 is 3.48. The highest BCUT2D eigenvalue weighted by atomic mass is 79.9. The lowest BCUT2D eigenvalue weighted by atomic mass is 10.3. The number of hydrogen-bond acceptors (Lipinski definition) is 2. The highest BCUT2D eigenvalue weighted by Crippen LogP contribution is 2.49. The Kier molecular flexibility index (Phi) is 1.94. The molecule has 0 amide bonds. The van der Waals surface area contributed by atoms with Crippen LogP contribution in [-0.4, -0.2) is 14.8 Å². The second-order valence-corrected chi connectivity index (χ2v) is 5.09. The predicted octanol–water partition coefficient (Wildman–Crippen LogP) is 2.63. The average Bonchev–Trinajstić information content (AvgIpc) is 3.09. The van der Waals surface area contributed by atoms with E-state index in [1.807, 2.05) is 0 Å². The van der Waals surface area contributed by atoms with Gasteiger partial charge in [-0.25, -0.2) is 0 Å². The van der Waals surface area contributed by atoms with Crippen molar-refractivity contribution >= 4 is 15.9 Å². The van der Waals surface area contributed by atoms with Gasteiger partial charge in [0.1, 0.15) is 11.6 Å². The Hall–Kier alpha value is -0.380. The molecule has 2 atom stereocenters. The molecule has 0 aromatic carbocycles. The van der Waals surface area contributed by atoms with Crippen LogP contribution in [0.4, 0.5) is 0 Å². The van der Waals surface area contributed by atoms with E-state index in [0.29, 0.717) is 12.0 Å². The van der Waals surface area contributed by atoms with E-state index in [2.05, 4.69) is 37.6 Å². The fourth-order valence-electron chi connectivity index (χ4n) is 2.09. The maximum atomic E-state index is 4.34. The fraction of sp³-hybridized carbons (Fsp3) is 0.800. The van der Waals surface area contributed by atoms with E-state index in [9.17, 15) is 0 Å². The molecule has 1 heterocycles. The molecule has 14 heavy (non-hydrogen) atoms. The summed E-state index contributed by atoms with van der Waals surface area (Å²) in [5, 5.41) is 9.43. The summed E-state index contributed by atoms with van der Waals surface area (Å²) in [5.41, 5.74) is 0. The zero-order valence-electron chi connectivity index (χ0n) is 8.28. The number of rotatable bonds is 3. The van der Waals surface area contributed by atoms with Crippen molar-refractivity contribution in [1.29, 1.82) is 0 Å². The lowest BCUT2D eigenvalue weighted by Crippen LogP contribution is -2.04. The van der Waals surface area contributed by atoms with Crippen molar-refractivity contribution in [2.45, 2.75) is 43.5 Å². The third-order valence-corrected chi connectivity index (χ3v) is 3.77. The van der Waals surface area contributed by atoms with Crippen molar-refractivity contribution in [2.75, 3.05) is 0 Å². The van der Waals surface area contributed by atoms with E-state index >= 15 is 0 Å². The molecule has 4 heteroatoms. The maximum Gasteiger partial charge on any atom is 0.143 e. The molecule has 0 radical (unpaired) electrons. The summed E-state index contributed by atoms with van der Waals surface area (Å²) in [5.74, 6) is 3.87. The molecule has 0 bridgehead atoms. The van der Waals surface area contributed by atoms with Crippen LogP contribution in [0.15, 0.2) is 0 Å². The highest BCUT2D eigenvalue weighted by Gasteiger charge is 2.41. The first-order valence-corrected chi connectivity index (χ1v) is 6.43. The van der Waals surface area contributed by atoms with E-state index in [4.69, 9.17) is 0 Å². The molecule has 2 fully saturated rings. The molecular weight excluding hydrogens is 242 g/mol. The molecule has 0 N–H and O–H groups in total. The van der Waals surface area contributed by atoms with Crippen molar-refractivity contribution in [3.8, 4) is 0 Å². The topological polar surface area (TPSA) is 30.7 Å². The minimum absolute atomic E-state index is 0.691. The quantitative estimate of drug-likeness (QED) is 0.778. The standard InChI is InChI=1S/C10H14BrN3/c1-6-4-8(6)10-13-12-9(5-11)14(10)7-2-3-7/h6-8H,2-5H2,1H3. The molecule has 3 nitrogen and oxygen atoms in total. The van der Waals surface area contributed by atoms with Gasteiger partial charge in [0.2, 0.25) is 0 Å². The van der Waals surface area contributed by atoms with Gasteiger partial charge < -0.3 is 4.57 Å². The molecule has 1 aromatic heterocycles. The Morgan fingerprint density at radius 3 is 2.64 bits per heavy atom.